The fourth-order valence-corrected chi connectivity index (χ4v) is 3.43. The number of nitrogens with one attached hydrogen (secondary N) is 1. The van der Waals surface area contributed by atoms with Crippen molar-refractivity contribution in [3.63, 3.8) is 0 Å². The third kappa shape index (κ3) is 4.54. The summed E-state index contributed by atoms with van der Waals surface area (Å²) in [5.74, 6) is -0.0105. The molecule has 6 heteroatoms. The summed E-state index contributed by atoms with van der Waals surface area (Å²) in [7, 11) is 0. The molecule has 1 aromatic heterocycles. The first kappa shape index (κ1) is 17.9. The Morgan fingerprint density at radius 1 is 1.52 bits per heavy atom. The third-order valence-electron chi connectivity index (χ3n) is 4.16. The van der Waals surface area contributed by atoms with E-state index < -0.39 is 5.54 Å². The van der Waals surface area contributed by atoms with Gasteiger partial charge in [-0.15, -0.1) is 11.3 Å². The molecule has 0 radical (unpaired) electrons. The summed E-state index contributed by atoms with van der Waals surface area (Å²) in [6.45, 7) is 7.56. The Bertz CT molecular complexity index is 530. The zero-order chi connectivity index (χ0) is 16.9. The van der Waals surface area contributed by atoms with E-state index in [9.17, 15) is 9.59 Å². The molecule has 2 amide bonds. The maximum atomic E-state index is 12.6. The molecule has 1 aliphatic rings. The minimum Gasteiger partial charge on any atom is -0.379 e. The van der Waals surface area contributed by atoms with Crippen LogP contribution in [0.15, 0.2) is 17.5 Å². The van der Waals surface area contributed by atoms with E-state index >= 15 is 0 Å². The number of nitrogens with zero attached hydrogens (tertiary/aromatic N) is 1. The van der Waals surface area contributed by atoms with Gasteiger partial charge in [0.15, 0.2) is 0 Å². The van der Waals surface area contributed by atoms with Crippen molar-refractivity contribution < 1.29 is 14.3 Å². The van der Waals surface area contributed by atoms with Crippen LogP contribution in [0, 0.1) is 0 Å². The lowest BCUT2D eigenvalue weighted by molar-refractivity contribution is -0.141. The number of carbonyl (C=O) groups excluding carboxylic acids is 2. The first-order valence-corrected chi connectivity index (χ1v) is 9.04. The Hall–Kier alpha value is -1.40. The molecule has 0 bridgehead atoms. The lowest BCUT2D eigenvalue weighted by Gasteiger charge is -2.33. The number of carbonyl (C=O) groups is 2. The molecule has 2 heterocycles. The number of hydrogen-bond donors (Lipinski definition) is 1. The number of likely N-dealkylation sites (tertiary alicyclic amines) is 1. The second-order valence-electron chi connectivity index (χ2n) is 6.36. The molecule has 0 aliphatic carbocycles. The summed E-state index contributed by atoms with van der Waals surface area (Å²) < 4.78 is 5.47. The second kappa shape index (κ2) is 7.93. The lowest BCUT2D eigenvalue weighted by Crippen LogP contribution is -2.54. The van der Waals surface area contributed by atoms with Crippen molar-refractivity contribution in [2.45, 2.75) is 58.2 Å². The molecule has 128 valence electrons. The quantitative estimate of drug-likeness (QED) is 0.741. The maximum Gasteiger partial charge on any atom is 0.245 e. The van der Waals surface area contributed by atoms with Crippen LogP contribution in [0.1, 0.15) is 44.9 Å². The first-order valence-electron chi connectivity index (χ1n) is 8.16. The molecule has 1 atom stereocenters. The summed E-state index contributed by atoms with van der Waals surface area (Å²) in [6, 6.07) is 3.96. The topological polar surface area (TPSA) is 58.6 Å². The molecule has 0 spiro atoms. The predicted octanol–water partition coefficient (Wildman–Crippen LogP) is 2.56. The number of amides is 2. The van der Waals surface area contributed by atoms with Crippen LogP contribution >= 0.6 is 11.3 Å². The Kier molecular flexibility index (Phi) is 6.18. The Morgan fingerprint density at radius 3 is 2.96 bits per heavy atom. The van der Waals surface area contributed by atoms with Gasteiger partial charge in [-0.3, -0.25) is 9.59 Å². The van der Waals surface area contributed by atoms with Crippen LogP contribution < -0.4 is 5.32 Å². The van der Waals surface area contributed by atoms with Gasteiger partial charge in [-0.2, -0.15) is 0 Å². The van der Waals surface area contributed by atoms with Crippen molar-refractivity contribution in [3.8, 4) is 0 Å². The second-order valence-corrected chi connectivity index (χ2v) is 7.39. The van der Waals surface area contributed by atoms with E-state index in [4.69, 9.17) is 4.74 Å². The summed E-state index contributed by atoms with van der Waals surface area (Å²) in [5, 5.41) is 4.95. The summed E-state index contributed by atoms with van der Waals surface area (Å²) >= 11 is 1.61. The fourth-order valence-electron chi connectivity index (χ4n) is 2.74. The number of rotatable bonds is 8. The number of thiophene rings is 1. The Labute approximate surface area is 142 Å². The zero-order valence-electron chi connectivity index (χ0n) is 14.1. The normalized spacial score (nSPS) is 21.2. The van der Waals surface area contributed by atoms with E-state index in [0.29, 0.717) is 32.5 Å². The third-order valence-corrected chi connectivity index (χ3v) is 5.02. The van der Waals surface area contributed by atoms with Gasteiger partial charge in [0.25, 0.3) is 0 Å². The fraction of sp³-hybridized carbons (Fsp3) is 0.647. The van der Waals surface area contributed by atoms with Crippen LogP contribution in [0.3, 0.4) is 0 Å². The van der Waals surface area contributed by atoms with Crippen molar-refractivity contribution in [3.05, 3.63) is 22.4 Å². The molecular weight excluding hydrogens is 312 g/mol. The van der Waals surface area contributed by atoms with Crippen LogP contribution in [-0.4, -0.2) is 41.5 Å². The van der Waals surface area contributed by atoms with E-state index in [2.05, 4.69) is 5.32 Å². The minimum atomic E-state index is -0.750. The highest BCUT2D eigenvalue weighted by Crippen LogP contribution is 2.32. The number of hydrogen-bond acceptors (Lipinski definition) is 4. The van der Waals surface area contributed by atoms with E-state index in [1.165, 1.54) is 0 Å². The van der Waals surface area contributed by atoms with Crippen molar-refractivity contribution in [2.75, 3.05) is 13.2 Å². The molecule has 5 nitrogen and oxygen atoms in total. The van der Waals surface area contributed by atoms with E-state index in [1.807, 2.05) is 38.3 Å². The highest BCUT2D eigenvalue weighted by Gasteiger charge is 2.47. The standard InChI is InChI=1S/C17H26N2O3S/c1-13(2)22-10-5-9-18-16(21)17(3)8-7-15(20)19(17)12-14-6-4-11-23-14/h4,6,11,13H,5,7-10,12H2,1-3H3,(H,18,21)/t17-/m0/s1. The van der Waals surface area contributed by atoms with Crippen molar-refractivity contribution in [1.29, 1.82) is 0 Å². The summed E-state index contributed by atoms with van der Waals surface area (Å²) in [4.78, 5) is 27.6. The molecule has 2 rings (SSSR count). The Balaban J connectivity index is 1.89. The number of ether oxygens (including phenoxy) is 1. The van der Waals surface area contributed by atoms with Crippen molar-refractivity contribution in [1.82, 2.24) is 10.2 Å². The van der Waals surface area contributed by atoms with E-state index in [1.54, 1.807) is 16.2 Å². The highest BCUT2D eigenvalue weighted by molar-refractivity contribution is 7.09. The van der Waals surface area contributed by atoms with Crippen molar-refractivity contribution >= 4 is 23.2 Å². The molecule has 0 unspecified atom stereocenters. The van der Waals surface area contributed by atoms with Gasteiger partial charge in [0, 0.05) is 24.4 Å². The van der Waals surface area contributed by atoms with Gasteiger partial charge in [0.2, 0.25) is 11.8 Å². The predicted molar refractivity (Wildman–Crippen MR) is 91.2 cm³/mol. The molecule has 0 aromatic carbocycles. The average Bonchev–Trinajstić information content (AvgIpc) is 3.11. The molecule has 23 heavy (non-hydrogen) atoms. The van der Waals surface area contributed by atoms with Crippen molar-refractivity contribution in [2.24, 2.45) is 0 Å². The molecule has 1 N–H and O–H groups in total. The lowest BCUT2D eigenvalue weighted by atomic mass is 9.97. The molecule has 1 aliphatic heterocycles. The van der Waals surface area contributed by atoms with Gasteiger partial charge in [0.05, 0.1) is 12.6 Å². The highest BCUT2D eigenvalue weighted by atomic mass is 32.1. The van der Waals surface area contributed by atoms with Gasteiger partial charge in [-0.05, 0) is 45.1 Å². The smallest absolute Gasteiger partial charge is 0.245 e. The minimum absolute atomic E-state index is 0.0548. The summed E-state index contributed by atoms with van der Waals surface area (Å²) in [6.07, 6.45) is 1.99. The zero-order valence-corrected chi connectivity index (χ0v) is 14.9. The van der Waals surface area contributed by atoms with Crippen LogP contribution in [0.4, 0.5) is 0 Å². The van der Waals surface area contributed by atoms with E-state index in [-0.39, 0.29) is 17.9 Å². The SMILES string of the molecule is CC(C)OCCCNC(=O)[C@]1(C)CCC(=O)N1Cc1cccs1. The first-order chi connectivity index (χ1) is 10.9. The molecular formula is C17H26N2O3S. The molecule has 1 fully saturated rings. The van der Waals surface area contributed by atoms with Crippen LogP contribution in [-0.2, 0) is 20.9 Å². The average molecular weight is 338 g/mol. The van der Waals surface area contributed by atoms with Crippen LogP contribution in [0.25, 0.3) is 0 Å². The van der Waals surface area contributed by atoms with Crippen LogP contribution in [0.2, 0.25) is 0 Å². The largest absolute Gasteiger partial charge is 0.379 e. The van der Waals surface area contributed by atoms with Gasteiger partial charge in [-0.1, -0.05) is 6.07 Å². The summed E-state index contributed by atoms with van der Waals surface area (Å²) in [5.41, 5.74) is -0.750. The van der Waals surface area contributed by atoms with Gasteiger partial charge in [-0.25, -0.2) is 0 Å². The van der Waals surface area contributed by atoms with Gasteiger partial charge in [0.1, 0.15) is 5.54 Å². The monoisotopic (exact) mass is 338 g/mol. The maximum absolute atomic E-state index is 12.6. The Morgan fingerprint density at radius 2 is 2.30 bits per heavy atom. The molecule has 1 aromatic rings. The molecule has 0 saturated carbocycles. The molecule has 1 saturated heterocycles. The van der Waals surface area contributed by atoms with Gasteiger partial charge >= 0.3 is 0 Å². The van der Waals surface area contributed by atoms with Crippen LogP contribution in [0.5, 0.6) is 0 Å². The van der Waals surface area contributed by atoms with Gasteiger partial charge < -0.3 is 15.0 Å². The van der Waals surface area contributed by atoms with E-state index in [0.717, 1.165) is 11.3 Å².